The summed E-state index contributed by atoms with van der Waals surface area (Å²) in [5, 5.41) is 18.9. The number of fused-ring (bicyclic) bond motifs is 1. The van der Waals surface area contributed by atoms with Gasteiger partial charge in [-0.15, -0.1) is 0 Å². The fourth-order valence-electron chi connectivity index (χ4n) is 3.85. The topological polar surface area (TPSA) is 63.8 Å². The standard InChI is InChI=1S/C25H28N2O3/c1-25(2)21-17-19(24(29)30)11-14-22(21)27(15-16-28)23(25)8-6-5-7-18-9-12-20(13-10-18)26(3)4/h5-14,17,28H,15-16H2,1-4H3/p+1. The van der Waals surface area contributed by atoms with Crippen LogP contribution in [0.5, 0.6) is 0 Å². The van der Waals surface area contributed by atoms with Crippen LogP contribution in [0.2, 0.25) is 0 Å². The molecule has 1 aliphatic heterocycles. The highest BCUT2D eigenvalue weighted by molar-refractivity contribution is 6.04. The second kappa shape index (κ2) is 8.67. The van der Waals surface area contributed by atoms with Crippen molar-refractivity contribution in [2.75, 3.05) is 32.1 Å². The van der Waals surface area contributed by atoms with Crippen LogP contribution in [0.4, 0.5) is 11.4 Å². The maximum Gasteiger partial charge on any atom is 0.335 e. The van der Waals surface area contributed by atoms with Crippen LogP contribution in [0.1, 0.15) is 35.3 Å². The molecule has 2 N–H and O–H groups in total. The number of aromatic carboxylic acids is 1. The number of carboxylic acid groups (broad SMARTS) is 1. The predicted octanol–water partition coefficient (Wildman–Crippen LogP) is 4.09. The molecule has 1 aliphatic rings. The lowest BCUT2D eigenvalue weighted by atomic mass is 9.81. The van der Waals surface area contributed by atoms with E-state index in [0.717, 1.165) is 28.2 Å². The molecule has 0 unspecified atom stereocenters. The Labute approximate surface area is 177 Å². The minimum Gasteiger partial charge on any atom is -0.478 e. The van der Waals surface area contributed by atoms with Crippen molar-refractivity contribution in [2.24, 2.45) is 0 Å². The Balaban J connectivity index is 1.89. The molecule has 0 saturated carbocycles. The molecular formula is C25H29N2O3+. The molecule has 0 aliphatic carbocycles. The van der Waals surface area contributed by atoms with E-state index < -0.39 is 5.97 Å². The van der Waals surface area contributed by atoms with Crippen molar-refractivity contribution >= 4 is 29.1 Å². The minimum absolute atomic E-state index is 0.0155. The second-order valence-electron chi connectivity index (χ2n) is 8.13. The SMILES string of the molecule is CN(C)c1ccc(C=CC=CC2=[N+](CCO)c3ccc(C(=O)O)cc3C2(C)C)cc1. The van der Waals surface area contributed by atoms with E-state index in [9.17, 15) is 15.0 Å². The van der Waals surface area contributed by atoms with Crippen molar-refractivity contribution in [3.8, 4) is 0 Å². The number of aliphatic hydroxyl groups is 1. The molecule has 0 amide bonds. The lowest BCUT2D eigenvalue weighted by molar-refractivity contribution is -0.441. The van der Waals surface area contributed by atoms with Crippen LogP contribution in [0.3, 0.4) is 0 Å². The quantitative estimate of drug-likeness (QED) is 0.538. The number of nitrogens with zero attached hydrogens (tertiary/aromatic N) is 2. The van der Waals surface area contributed by atoms with Gasteiger partial charge in [0.05, 0.1) is 11.0 Å². The van der Waals surface area contributed by atoms with Gasteiger partial charge >= 0.3 is 5.97 Å². The first kappa shape index (κ1) is 21.5. The molecule has 0 saturated heterocycles. The van der Waals surface area contributed by atoms with Crippen LogP contribution in [0, 0.1) is 0 Å². The lowest BCUT2D eigenvalue weighted by Crippen LogP contribution is -2.28. The van der Waals surface area contributed by atoms with E-state index in [1.54, 1.807) is 12.1 Å². The van der Waals surface area contributed by atoms with Gasteiger partial charge in [-0.05, 0) is 43.7 Å². The monoisotopic (exact) mass is 405 g/mol. The van der Waals surface area contributed by atoms with Gasteiger partial charge in [-0.1, -0.05) is 30.4 Å². The molecule has 156 valence electrons. The summed E-state index contributed by atoms with van der Waals surface area (Å²) >= 11 is 0. The van der Waals surface area contributed by atoms with Gasteiger partial charge in [0.25, 0.3) is 0 Å². The van der Waals surface area contributed by atoms with Crippen LogP contribution < -0.4 is 4.90 Å². The zero-order valence-corrected chi connectivity index (χ0v) is 18.0. The van der Waals surface area contributed by atoms with Crippen molar-refractivity contribution in [3.05, 3.63) is 77.4 Å². The molecule has 0 radical (unpaired) electrons. The first-order chi connectivity index (χ1) is 14.3. The Kier molecular flexibility index (Phi) is 6.22. The van der Waals surface area contributed by atoms with Gasteiger partial charge in [0, 0.05) is 37.5 Å². The van der Waals surface area contributed by atoms with Gasteiger partial charge in [-0.2, -0.15) is 4.58 Å². The summed E-state index contributed by atoms with van der Waals surface area (Å²) in [6.07, 6.45) is 8.08. The zero-order chi connectivity index (χ0) is 21.9. The van der Waals surface area contributed by atoms with Gasteiger partial charge in [-0.3, -0.25) is 0 Å². The van der Waals surface area contributed by atoms with E-state index in [-0.39, 0.29) is 17.6 Å². The number of allylic oxidation sites excluding steroid dienone is 3. The van der Waals surface area contributed by atoms with E-state index in [0.29, 0.717) is 6.54 Å². The molecule has 2 aromatic carbocycles. The Morgan fingerprint density at radius 3 is 2.33 bits per heavy atom. The van der Waals surface area contributed by atoms with Gasteiger partial charge in [0.15, 0.2) is 12.3 Å². The number of benzene rings is 2. The molecule has 0 spiro atoms. The molecule has 0 bridgehead atoms. The Bertz CT molecular complexity index is 1030. The number of hydrogen-bond acceptors (Lipinski definition) is 3. The highest BCUT2D eigenvalue weighted by Gasteiger charge is 2.44. The highest BCUT2D eigenvalue weighted by Crippen LogP contribution is 2.40. The number of hydrogen-bond donors (Lipinski definition) is 2. The van der Waals surface area contributed by atoms with Gasteiger partial charge < -0.3 is 15.1 Å². The number of carbonyl (C=O) groups is 1. The number of β-amino-alcohol motifs (C(OH)–C–C–N with tert-alkyl or cyclic N) is 1. The van der Waals surface area contributed by atoms with Crippen LogP contribution in [0.25, 0.3) is 6.08 Å². The third kappa shape index (κ3) is 4.21. The Morgan fingerprint density at radius 1 is 1.07 bits per heavy atom. The molecule has 2 aromatic rings. The minimum atomic E-state index is -0.936. The van der Waals surface area contributed by atoms with Crippen molar-refractivity contribution in [3.63, 3.8) is 0 Å². The fraction of sp³-hybridized carbons (Fsp3) is 0.280. The van der Waals surface area contributed by atoms with Crippen molar-refractivity contribution in [1.29, 1.82) is 0 Å². The fourth-order valence-corrected chi connectivity index (χ4v) is 3.85. The molecule has 0 atom stereocenters. The first-order valence-electron chi connectivity index (χ1n) is 10.0. The summed E-state index contributed by atoms with van der Waals surface area (Å²) in [6.45, 7) is 4.64. The predicted molar refractivity (Wildman–Crippen MR) is 122 cm³/mol. The molecule has 30 heavy (non-hydrogen) atoms. The highest BCUT2D eigenvalue weighted by atomic mass is 16.4. The summed E-state index contributed by atoms with van der Waals surface area (Å²) < 4.78 is 2.07. The maximum absolute atomic E-state index is 11.4. The molecule has 3 rings (SSSR count). The lowest BCUT2D eigenvalue weighted by Gasteiger charge is -2.15. The Hall–Kier alpha value is -3.18. The second-order valence-corrected chi connectivity index (χ2v) is 8.13. The summed E-state index contributed by atoms with van der Waals surface area (Å²) in [5.41, 5.74) is 5.11. The van der Waals surface area contributed by atoms with Crippen LogP contribution in [-0.4, -0.2) is 53.7 Å². The van der Waals surface area contributed by atoms with Gasteiger partial charge in [-0.25, -0.2) is 4.79 Å². The van der Waals surface area contributed by atoms with Crippen LogP contribution >= 0.6 is 0 Å². The molecular weight excluding hydrogens is 376 g/mol. The van der Waals surface area contributed by atoms with E-state index in [2.05, 4.69) is 47.6 Å². The summed E-state index contributed by atoms with van der Waals surface area (Å²) in [4.78, 5) is 13.5. The van der Waals surface area contributed by atoms with E-state index in [1.807, 2.05) is 44.5 Å². The first-order valence-corrected chi connectivity index (χ1v) is 10.0. The van der Waals surface area contributed by atoms with Crippen molar-refractivity contribution in [2.45, 2.75) is 19.3 Å². The van der Waals surface area contributed by atoms with Crippen molar-refractivity contribution in [1.82, 2.24) is 0 Å². The third-order valence-corrected chi connectivity index (χ3v) is 5.53. The molecule has 1 heterocycles. The molecule has 5 heteroatoms. The Morgan fingerprint density at radius 2 is 1.73 bits per heavy atom. The van der Waals surface area contributed by atoms with E-state index in [1.165, 1.54) is 0 Å². The number of carboxylic acids is 1. The van der Waals surface area contributed by atoms with Gasteiger partial charge in [0.1, 0.15) is 6.61 Å². The third-order valence-electron chi connectivity index (χ3n) is 5.53. The average Bonchev–Trinajstić information content (AvgIpc) is 2.92. The average molecular weight is 406 g/mol. The molecule has 5 nitrogen and oxygen atoms in total. The molecule has 0 fully saturated rings. The number of anilines is 1. The molecule has 0 aromatic heterocycles. The number of rotatable bonds is 7. The van der Waals surface area contributed by atoms with Crippen molar-refractivity contribution < 1.29 is 19.6 Å². The summed E-state index contributed by atoms with van der Waals surface area (Å²) in [5.74, 6) is -0.936. The zero-order valence-electron chi connectivity index (χ0n) is 18.0. The van der Waals surface area contributed by atoms with E-state index >= 15 is 0 Å². The largest absolute Gasteiger partial charge is 0.478 e. The number of aliphatic hydroxyl groups excluding tert-OH is 1. The van der Waals surface area contributed by atoms with Crippen LogP contribution in [0.15, 0.2) is 60.7 Å². The maximum atomic E-state index is 11.4. The summed E-state index contributed by atoms with van der Waals surface area (Å²) in [6, 6.07) is 13.5. The van der Waals surface area contributed by atoms with E-state index in [4.69, 9.17) is 0 Å². The normalized spacial score (nSPS) is 15.2. The summed E-state index contributed by atoms with van der Waals surface area (Å²) in [7, 11) is 4.04. The van der Waals surface area contributed by atoms with Gasteiger partial charge in [0.2, 0.25) is 5.69 Å². The smallest absolute Gasteiger partial charge is 0.335 e. The van der Waals surface area contributed by atoms with Crippen LogP contribution in [-0.2, 0) is 5.41 Å².